The number of hydrogen-bond acceptors (Lipinski definition) is 3. The molecule has 29 heavy (non-hydrogen) atoms. The topological polar surface area (TPSA) is 52.6 Å². The van der Waals surface area contributed by atoms with Gasteiger partial charge in [0.15, 0.2) is 0 Å². The van der Waals surface area contributed by atoms with Crippen molar-refractivity contribution in [3.63, 3.8) is 0 Å². The zero-order valence-electron chi connectivity index (χ0n) is 17.1. The maximum Gasteiger partial charge on any atom is 0.335 e. The van der Waals surface area contributed by atoms with Crippen molar-refractivity contribution in [2.75, 3.05) is 26.2 Å². The van der Waals surface area contributed by atoms with E-state index in [1.807, 2.05) is 12.1 Å². The first-order valence-electron chi connectivity index (χ1n) is 11.0. The fourth-order valence-corrected chi connectivity index (χ4v) is 4.54. The van der Waals surface area contributed by atoms with Crippen molar-refractivity contribution >= 4 is 5.97 Å². The van der Waals surface area contributed by atoms with Gasteiger partial charge in [0, 0.05) is 12.0 Å². The average molecular weight is 393 g/mol. The molecule has 0 unspecified atom stereocenters. The van der Waals surface area contributed by atoms with Crippen LogP contribution >= 0.6 is 0 Å². The van der Waals surface area contributed by atoms with Crippen LogP contribution in [0.3, 0.4) is 0 Å². The second-order valence-electron chi connectivity index (χ2n) is 8.66. The predicted octanol–water partition coefficient (Wildman–Crippen LogP) is 4.18. The summed E-state index contributed by atoms with van der Waals surface area (Å²) in [6.07, 6.45) is 6.03. The zero-order valence-corrected chi connectivity index (χ0v) is 17.1. The largest absolute Gasteiger partial charge is 0.478 e. The molecule has 2 aliphatic rings. The second kappa shape index (κ2) is 9.55. The quantitative estimate of drug-likeness (QED) is 0.672. The van der Waals surface area contributed by atoms with Crippen LogP contribution < -0.4 is 5.32 Å². The molecule has 2 atom stereocenters. The van der Waals surface area contributed by atoms with Crippen molar-refractivity contribution in [1.29, 1.82) is 0 Å². The van der Waals surface area contributed by atoms with Crippen LogP contribution in [0.4, 0.5) is 0 Å². The fourth-order valence-electron chi connectivity index (χ4n) is 4.54. The van der Waals surface area contributed by atoms with Crippen molar-refractivity contribution < 1.29 is 9.90 Å². The van der Waals surface area contributed by atoms with Crippen molar-refractivity contribution in [2.24, 2.45) is 5.92 Å². The zero-order chi connectivity index (χ0) is 20.1. The Morgan fingerprint density at radius 3 is 2.45 bits per heavy atom. The summed E-state index contributed by atoms with van der Waals surface area (Å²) in [5.74, 6) is 0.680. The Morgan fingerprint density at radius 2 is 1.76 bits per heavy atom. The summed E-state index contributed by atoms with van der Waals surface area (Å²) in [5, 5.41) is 12.8. The monoisotopic (exact) mass is 392 g/mol. The second-order valence-corrected chi connectivity index (χ2v) is 8.66. The molecule has 0 amide bonds. The molecule has 1 aliphatic heterocycles. The normalized spacial score (nSPS) is 22.5. The number of nitrogens with one attached hydrogen (secondary N) is 1. The van der Waals surface area contributed by atoms with E-state index in [1.165, 1.54) is 43.5 Å². The third-order valence-electron chi connectivity index (χ3n) is 6.53. The Labute approximate surface area is 173 Å². The minimum atomic E-state index is -0.855. The van der Waals surface area contributed by atoms with E-state index in [-0.39, 0.29) is 0 Å². The summed E-state index contributed by atoms with van der Waals surface area (Å²) in [6.45, 7) is 4.71. The van der Waals surface area contributed by atoms with E-state index >= 15 is 0 Å². The standard InChI is InChI=1S/C25H32N2O2/c28-25(29)22-10-8-19(9-11-22)5-4-14-27-15-12-20(13-16-27)18-26-24-17-23(24)21-6-2-1-3-7-21/h1-3,6-11,20,23-24,26H,4-5,12-18H2,(H,28,29)/t23-,24+/m0/s1. The number of carboxylic acid groups (broad SMARTS) is 1. The lowest BCUT2D eigenvalue weighted by Gasteiger charge is -2.32. The number of benzene rings is 2. The van der Waals surface area contributed by atoms with Gasteiger partial charge in [0.1, 0.15) is 0 Å². The molecule has 2 fully saturated rings. The van der Waals surface area contributed by atoms with E-state index in [1.54, 1.807) is 12.1 Å². The molecule has 1 aliphatic carbocycles. The minimum absolute atomic E-state index is 0.366. The Morgan fingerprint density at radius 1 is 1.03 bits per heavy atom. The van der Waals surface area contributed by atoms with Gasteiger partial charge in [0.25, 0.3) is 0 Å². The van der Waals surface area contributed by atoms with Gasteiger partial charge < -0.3 is 15.3 Å². The third-order valence-corrected chi connectivity index (χ3v) is 6.53. The first kappa shape index (κ1) is 20.1. The number of piperidine rings is 1. The maximum atomic E-state index is 10.9. The van der Waals surface area contributed by atoms with Gasteiger partial charge in [-0.25, -0.2) is 4.79 Å². The molecular weight excluding hydrogens is 360 g/mol. The number of rotatable bonds is 9. The highest BCUT2D eigenvalue weighted by molar-refractivity contribution is 5.87. The lowest BCUT2D eigenvalue weighted by atomic mass is 9.96. The van der Waals surface area contributed by atoms with Crippen LogP contribution in [0.15, 0.2) is 54.6 Å². The molecular formula is C25H32N2O2. The number of aromatic carboxylic acids is 1. The van der Waals surface area contributed by atoms with E-state index in [9.17, 15) is 4.79 Å². The number of hydrogen-bond donors (Lipinski definition) is 2. The molecule has 0 bridgehead atoms. The van der Waals surface area contributed by atoms with Crippen LogP contribution in [-0.4, -0.2) is 48.2 Å². The van der Waals surface area contributed by atoms with Gasteiger partial charge in [0.2, 0.25) is 0 Å². The van der Waals surface area contributed by atoms with Gasteiger partial charge in [0.05, 0.1) is 5.56 Å². The summed E-state index contributed by atoms with van der Waals surface area (Å²) in [4.78, 5) is 13.5. The fraction of sp³-hybridized carbons (Fsp3) is 0.480. The number of likely N-dealkylation sites (tertiary alicyclic amines) is 1. The van der Waals surface area contributed by atoms with E-state index in [2.05, 4.69) is 40.5 Å². The molecule has 1 saturated heterocycles. The van der Waals surface area contributed by atoms with Gasteiger partial charge in [-0.15, -0.1) is 0 Å². The van der Waals surface area contributed by atoms with Crippen LogP contribution in [0, 0.1) is 5.92 Å². The van der Waals surface area contributed by atoms with E-state index in [0.29, 0.717) is 11.6 Å². The summed E-state index contributed by atoms with van der Waals surface area (Å²) < 4.78 is 0. The number of nitrogens with zero attached hydrogens (tertiary/aromatic N) is 1. The molecule has 2 N–H and O–H groups in total. The van der Waals surface area contributed by atoms with Crippen LogP contribution in [0.5, 0.6) is 0 Å². The van der Waals surface area contributed by atoms with Crippen LogP contribution in [0.2, 0.25) is 0 Å². The van der Waals surface area contributed by atoms with Crippen molar-refractivity contribution in [2.45, 2.75) is 44.1 Å². The molecule has 4 nitrogen and oxygen atoms in total. The molecule has 0 radical (unpaired) electrons. The lowest BCUT2D eigenvalue weighted by Crippen LogP contribution is -2.38. The Bertz CT molecular complexity index is 782. The van der Waals surface area contributed by atoms with E-state index in [4.69, 9.17) is 5.11 Å². The first-order chi connectivity index (χ1) is 14.2. The first-order valence-corrected chi connectivity index (χ1v) is 11.0. The molecule has 1 saturated carbocycles. The summed E-state index contributed by atoms with van der Waals surface area (Å²) in [5.41, 5.74) is 3.08. The Balaban J connectivity index is 1.09. The highest BCUT2D eigenvalue weighted by Crippen LogP contribution is 2.40. The van der Waals surface area contributed by atoms with Crippen LogP contribution in [0.25, 0.3) is 0 Å². The summed E-state index contributed by atoms with van der Waals surface area (Å²) in [6, 6.07) is 18.9. The number of carboxylic acids is 1. The number of aryl methyl sites for hydroxylation is 1. The molecule has 154 valence electrons. The highest BCUT2D eigenvalue weighted by atomic mass is 16.4. The maximum absolute atomic E-state index is 10.9. The minimum Gasteiger partial charge on any atom is -0.478 e. The summed E-state index contributed by atoms with van der Waals surface area (Å²) >= 11 is 0. The molecule has 0 spiro atoms. The lowest BCUT2D eigenvalue weighted by molar-refractivity contribution is 0.0697. The van der Waals surface area contributed by atoms with Gasteiger partial charge in [-0.3, -0.25) is 0 Å². The van der Waals surface area contributed by atoms with Crippen LogP contribution in [-0.2, 0) is 6.42 Å². The van der Waals surface area contributed by atoms with Gasteiger partial charge in [-0.2, -0.15) is 0 Å². The Hall–Kier alpha value is -2.17. The molecule has 1 heterocycles. The smallest absolute Gasteiger partial charge is 0.335 e. The number of carbonyl (C=O) groups is 1. The van der Waals surface area contributed by atoms with Gasteiger partial charge in [-0.05, 0) is 87.5 Å². The summed E-state index contributed by atoms with van der Waals surface area (Å²) in [7, 11) is 0. The molecule has 2 aromatic carbocycles. The van der Waals surface area contributed by atoms with Crippen molar-refractivity contribution in [3.8, 4) is 0 Å². The van der Waals surface area contributed by atoms with E-state index in [0.717, 1.165) is 37.8 Å². The molecule has 4 heteroatoms. The van der Waals surface area contributed by atoms with Crippen LogP contribution in [0.1, 0.15) is 53.1 Å². The third kappa shape index (κ3) is 5.68. The Kier molecular flexibility index (Phi) is 6.63. The van der Waals surface area contributed by atoms with Gasteiger partial charge in [-0.1, -0.05) is 42.5 Å². The predicted molar refractivity (Wildman–Crippen MR) is 116 cm³/mol. The molecule has 2 aromatic rings. The molecule has 0 aromatic heterocycles. The molecule has 4 rings (SSSR count). The SMILES string of the molecule is O=C(O)c1ccc(CCCN2CCC(CN[C@@H]3C[C@H]3c3ccccc3)CC2)cc1. The van der Waals surface area contributed by atoms with Gasteiger partial charge >= 0.3 is 5.97 Å². The van der Waals surface area contributed by atoms with Crippen molar-refractivity contribution in [3.05, 3.63) is 71.3 Å². The highest BCUT2D eigenvalue weighted by Gasteiger charge is 2.38. The van der Waals surface area contributed by atoms with Crippen molar-refractivity contribution in [1.82, 2.24) is 10.2 Å². The van der Waals surface area contributed by atoms with E-state index < -0.39 is 5.97 Å². The average Bonchev–Trinajstić information content (AvgIpc) is 3.54.